The molecule has 15 heavy (non-hydrogen) atoms. The number of halogens is 1. The van der Waals surface area contributed by atoms with Gasteiger partial charge in [-0.15, -0.1) is 11.6 Å². The summed E-state index contributed by atoms with van der Waals surface area (Å²) in [5.74, 6) is -0.0417. The average Bonchev–Trinajstić information content (AvgIpc) is 2.20. The molecule has 0 N–H and O–H groups in total. The summed E-state index contributed by atoms with van der Waals surface area (Å²) in [5.41, 5.74) is 2.35. The van der Waals surface area contributed by atoms with Gasteiger partial charge in [0.1, 0.15) is 5.38 Å². The second kappa shape index (κ2) is 5.17. The third kappa shape index (κ3) is 3.24. The van der Waals surface area contributed by atoms with Crippen LogP contribution in [0.5, 0.6) is 0 Å². The molecular formula is C12H16ClNO. The number of nitrogens with zero attached hydrogens (tertiary/aromatic N) is 1. The van der Waals surface area contributed by atoms with Gasteiger partial charge in [0.25, 0.3) is 0 Å². The van der Waals surface area contributed by atoms with Gasteiger partial charge < -0.3 is 4.90 Å². The molecule has 1 aromatic rings. The summed E-state index contributed by atoms with van der Waals surface area (Å²) in [7, 11) is 1.77. The first-order chi connectivity index (χ1) is 7.02. The van der Waals surface area contributed by atoms with Gasteiger partial charge in [0.2, 0.25) is 5.91 Å². The fourth-order valence-electron chi connectivity index (χ4n) is 1.42. The highest BCUT2D eigenvalue weighted by Gasteiger charge is 2.15. The molecule has 0 saturated carbocycles. The van der Waals surface area contributed by atoms with Crippen LogP contribution in [0.1, 0.15) is 18.1 Å². The average molecular weight is 226 g/mol. The van der Waals surface area contributed by atoms with Crippen molar-refractivity contribution in [3.8, 4) is 0 Å². The van der Waals surface area contributed by atoms with Crippen LogP contribution < -0.4 is 0 Å². The predicted molar refractivity (Wildman–Crippen MR) is 63.0 cm³/mol. The number of benzene rings is 1. The van der Waals surface area contributed by atoms with E-state index in [1.807, 2.05) is 31.2 Å². The minimum Gasteiger partial charge on any atom is -0.340 e. The number of aryl methyl sites for hydroxylation is 1. The molecule has 0 spiro atoms. The van der Waals surface area contributed by atoms with Crippen LogP contribution in [-0.4, -0.2) is 23.2 Å². The Kier molecular flexibility index (Phi) is 4.15. The number of alkyl halides is 1. The Balaban J connectivity index is 2.71. The first-order valence-corrected chi connectivity index (χ1v) is 5.39. The molecule has 0 saturated heterocycles. The van der Waals surface area contributed by atoms with Gasteiger partial charge in [0.15, 0.2) is 0 Å². The van der Waals surface area contributed by atoms with Crippen LogP contribution in [-0.2, 0) is 11.3 Å². The minimum absolute atomic E-state index is 0.0417. The fourth-order valence-corrected chi connectivity index (χ4v) is 1.59. The number of carbonyl (C=O) groups is 1. The van der Waals surface area contributed by atoms with Crippen molar-refractivity contribution in [3.63, 3.8) is 0 Å². The Hall–Kier alpha value is -1.02. The molecule has 0 aromatic heterocycles. The number of hydrogen-bond donors (Lipinski definition) is 0. The van der Waals surface area contributed by atoms with Gasteiger partial charge in [0, 0.05) is 13.6 Å². The zero-order valence-corrected chi connectivity index (χ0v) is 10.1. The Labute approximate surface area is 95.8 Å². The summed E-state index contributed by atoms with van der Waals surface area (Å²) in [6.07, 6.45) is 0. The largest absolute Gasteiger partial charge is 0.340 e. The molecule has 0 aliphatic heterocycles. The van der Waals surface area contributed by atoms with Crippen molar-refractivity contribution < 1.29 is 4.79 Å². The molecule has 0 aliphatic rings. The zero-order chi connectivity index (χ0) is 11.4. The SMILES string of the molecule is Cc1ccccc1CN(C)C(=O)[C@@H](C)Cl. The molecule has 3 heteroatoms. The fraction of sp³-hybridized carbons (Fsp3) is 0.417. The van der Waals surface area contributed by atoms with E-state index in [1.165, 1.54) is 5.56 Å². The zero-order valence-electron chi connectivity index (χ0n) is 9.33. The Morgan fingerprint density at radius 2 is 2.07 bits per heavy atom. The maximum Gasteiger partial charge on any atom is 0.240 e. The number of carbonyl (C=O) groups excluding carboxylic acids is 1. The summed E-state index contributed by atoms with van der Waals surface area (Å²) >= 11 is 5.74. The first kappa shape index (κ1) is 12.1. The van der Waals surface area contributed by atoms with Gasteiger partial charge >= 0.3 is 0 Å². The van der Waals surface area contributed by atoms with Crippen LogP contribution in [0.25, 0.3) is 0 Å². The van der Waals surface area contributed by atoms with Crippen molar-refractivity contribution in [1.29, 1.82) is 0 Å². The predicted octanol–water partition coefficient (Wildman–Crippen LogP) is 2.58. The second-order valence-electron chi connectivity index (χ2n) is 3.74. The molecule has 1 atom stereocenters. The van der Waals surface area contributed by atoms with Gasteiger partial charge in [0.05, 0.1) is 0 Å². The van der Waals surface area contributed by atoms with Gasteiger partial charge in [-0.25, -0.2) is 0 Å². The Morgan fingerprint density at radius 3 is 2.60 bits per heavy atom. The lowest BCUT2D eigenvalue weighted by atomic mass is 10.1. The van der Waals surface area contributed by atoms with Crippen molar-refractivity contribution in [1.82, 2.24) is 4.90 Å². The number of amides is 1. The normalized spacial score (nSPS) is 12.3. The Bertz CT molecular complexity index is 349. The lowest BCUT2D eigenvalue weighted by Crippen LogP contribution is -2.31. The second-order valence-corrected chi connectivity index (χ2v) is 4.39. The molecule has 1 rings (SSSR count). The molecule has 0 fully saturated rings. The molecule has 0 bridgehead atoms. The van der Waals surface area contributed by atoms with Crippen LogP contribution in [0.2, 0.25) is 0 Å². The molecule has 0 heterocycles. The monoisotopic (exact) mass is 225 g/mol. The van der Waals surface area contributed by atoms with E-state index in [0.717, 1.165) is 5.56 Å². The van der Waals surface area contributed by atoms with E-state index >= 15 is 0 Å². The van der Waals surface area contributed by atoms with Crippen molar-refractivity contribution in [2.45, 2.75) is 25.8 Å². The lowest BCUT2D eigenvalue weighted by Gasteiger charge is -2.19. The molecule has 0 radical (unpaired) electrons. The van der Waals surface area contributed by atoms with Gasteiger partial charge in [-0.3, -0.25) is 4.79 Å². The van der Waals surface area contributed by atoms with Crippen LogP contribution >= 0.6 is 11.6 Å². The highest BCUT2D eigenvalue weighted by Crippen LogP contribution is 2.11. The summed E-state index contributed by atoms with van der Waals surface area (Å²) in [6, 6.07) is 8.03. The molecular weight excluding hydrogens is 210 g/mol. The van der Waals surface area contributed by atoms with E-state index in [2.05, 4.69) is 0 Å². The van der Waals surface area contributed by atoms with Gasteiger partial charge in [-0.1, -0.05) is 24.3 Å². The standard InChI is InChI=1S/C12H16ClNO/c1-9-6-4-5-7-11(9)8-14(3)12(15)10(2)13/h4-7,10H,8H2,1-3H3/t10-/m1/s1. The van der Waals surface area contributed by atoms with E-state index in [9.17, 15) is 4.79 Å². The molecule has 1 amide bonds. The highest BCUT2D eigenvalue weighted by molar-refractivity contribution is 6.30. The van der Waals surface area contributed by atoms with E-state index in [1.54, 1.807) is 18.9 Å². The molecule has 0 aliphatic carbocycles. The molecule has 0 unspecified atom stereocenters. The van der Waals surface area contributed by atoms with Crippen LogP contribution in [0.15, 0.2) is 24.3 Å². The first-order valence-electron chi connectivity index (χ1n) is 4.96. The van der Waals surface area contributed by atoms with E-state index in [-0.39, 0.29) is 5.91 Å². The van der Waals surface area contributed by atoms with E-state index < -0.39 is 5.38 Å². The summed E-state index contributed by atoms with van der Waals surface area (Å²) in [5, 5.41) is -0.459. The smallest absolute Gasteiger partial charge is 0.240 e. The third-order valence-electron chi connectivity index (χ3n) is 2.39. The maximum atomic E-state index is 11.6. The molecule has 1 aromatic carbocycles. The lowest BCUT2D eigenvalue weighted by molar-refractivity contribution is -0.129. The summed E-state index contributed by atoms with van der Waals surface area (Å²) in [4.78, 5) is 13.2. The number of rotatable bonds is 3. The Morgan fingerprint density at radius 1 is 1.47 bits per heavy atom. The molecule has 82 valence electrons. The highest BCUT2D eigenvalue weighted by atomic mass is 35.5. The number of hydrogen-bond acceptors (Lipinski definition) is 1. The van der Waals surface area contributed by atoms with Gasteiger partial charge in [-0.2, -0.15) is 0 Å². The quantitative estimate of drug-likeness (QED) is 0.725. The van der Waals surface area contributed by atoms with Crippen LogP contribution in [0.4, 0.5) is 0 Å². The maximum absolute atomic E-state index is 11.6. The summed E-state index contributed by atoms with van der Waals surface area (Å²) in [6.45, 7) is 4.35. The van der Waals surface area contributed by atoms with Crippen LogP contribution in [0, 0.1) is 6.92 Å². The van der Waals surface area contributed by atoms with Gasteiger partial charge in [-0.05, 0) is 25.0 Å². The van der Waals surface area contributed by atoms with Crippen LogP contribution in [0.3, 0.4) is 0 Å². The minimum atomic E-state index is -0.459. The van der Waals surface area contributed by atoms with Crippen molar-refractivity contribution in [2.75, 3.05) is 7.05 Å². The van der Waals surface area contributed by atoms with Crippen molar-refractivity contribution in [2.24, 2.45) is 0 Å². The van der Waals surface area contributed by atoms with Crippen molar-refractivity contribution >= 4 is 17.5 Å². The summed E-state index contributed by atoms with van der Waals surface area (Å²) < 4.78 is 0. The molecule has 2 nitrogen and oxygen atoms in total. The van der Waals surface area contributed by atoms with Crippen molar-refractivity contribution in [3.05, 3.63) is 35.4 Å². The van der Waals surface area contributed by atoms with E-state index in [0.29, 0.717) is 6.54 Å². The van der Waals surface area contributed by atoms with E-state index in [4.69, 9.17) is 11.6 Å². The topological polar surface area (TPSA) is 20.3 Å². The third-order valence-corrected chi connectivity index (χ3v) is 2.57.